The number of fused-ring (bicyclic) bond motifs is 1. The molecule has 0 saturated heterocycles. The minimum atomic E-state index is -2.94. The van der Waals surface area contributed by atoms with E-state index in [0.717, 1.165) is 16.8 Å². The maximum Gasteiger partial charge on any atom is 0.387 e. The van der Waals surface area contributed by atoms with Crippen LogP contribution < -0.4 is 10.1 Å². The van der Waals surface area contributed by atoms with Crippen LogP contribution in [-0.4, -0.2) is 21.4 Å². The Labute approximate surface area is 171 Å². The summed E-state index contributed by atoms with van der Waals surface area (Å²) in [5, 5.41) is 17.9. The second-order valence-electron chi connectivity index (χ2n) is 6.61. The predicted octanol–water partition coefficient (Wildman–Crippen LogP) is 4.72. The van der Waals surface area contributed by atoms with Gasteiger partial charge < -0.3 is 10.1 Å². The van der Waals surface area contributed by atoms with Gasteiger partial charge in [0, 0.05) is 42.5 Å². The summed E-state index contributed by atoms with van der Waals surface area (Å²) >= 11 is 0. The van der Waals surface area contributed by atoms with Crippen LogP contribution in [0.5, 0.6) is 5.75 Å². The van der Waals surface area contributed by atoms with Gasteiger partial charge in [0.1, 0.15) is 11.8 Å². The van der Waals surface area contributed by atoms with Gasteiger partial charge in [-0.25, -0.2) is 0 Å². The van der Waals surface area contributed by atoms with E-state index < -0.39 is 6.61 Å². The molecule has 2 aromatic heterocycles. The molecule has 6 nitrogen and oxygen atoms in total. The zero-order chi connectivity index (χ0) is 21.1. The first-order chi connectivity index (χ1) is 14.5. The van der Waals surface area contributed by atoms with Crippen molar-refractivity contribution in [3.8, 4) is 23.1 Å². The average Bonchev–Trinajstić information content (AvgIpc) is 3.12. The van der Waals surface area contributed by atoms with Crippen LogP contribution in [0.2, 0.25) is 0 Å². The monoisotopic (exact) mass is 405 g/mol. The number of pyridine rings is 1. The largest absolute Gasteiger partial charge is 0.435 e. The molecule has 150 valence electrons. The van der Waals surface area contributed by atoms with Crippen LogP contribution in [0.4, 0.5) is 14.5 Å². The van der Waals surface area contributed by atoms with Gasteiger partial charge in [-0.1, -0.05) is 30.3 Å². The number of hydrogen-bond acceptors (Lipinski definition) is 5. The number of alkyl halides is 2. The molecule has 0 unspecified atom stereocenters. The highest BCUT2D eigenvalue weighted by Gasteiger charge is 2.14. The quantitative estimate of drug-likeness (QED) is 0.502. The van der Waals surface area contributed by atoms with Gasteiger partial charge in [0.15, 0.2) is 0 Å². The molecule has 0 atom stereocenters. The smallest absolute Gasteiger partial charge is 0.387 e. The number of ether oxygens (including phenoxy) is 1. The van der Waals surface area contributed by atoms with E-state index in [9.17, 15) is 14.0 Å². The number of rotatable bonds is 6. The van der Waals surface area contributed by atoms with E-state index in [2.05, 4.69) is 26.2 Å². The van der Waals surface area contributed by atoms with Crippen LogP contribution in [0, 0.1) is 11.3 Å². The second-order valence-corrected chi connectivity index (χ2v) is 6.61. The molecule has 1 N–H and O–H groups in total. The summed E-state index contributed by atoms with van der Waals surface area (Å²) in [5.74, 6) is 0.00351. The fourth-order valence-corrected chi connectivity index (χ4v) is 3.31. The molecule has 0 amide bonds. The second kappa shape index (κ2) is 8.17. The highest BCUT2D eigenvalue weighted by Crippen LogP contribution is 2.31. The number of aromatic nitrogens is 3. The number of benzene rings is 2. The molecular formula is C22H17F2N5O. The van der Waals surface area contributed by atoms with Crippen molar-refractivity contribution in [3.05, 3.63) is 72.1 Å². The van der Waals surface area contributed by atoms with Crippen LogP contribution in [0.15, 0.2) is 60.9 Å². The third kappa shape index (κ3) is 3.91. The van der Waals surface area contributed by atoms with Gasteiger partial charge in [-0.15, -0.1) is 0 Å². The van der Waals surface area contributed by atoms with Gasteiger partial charge in [-0.2, -0.15) is 19.1 Å². The molecule has 2 heterocycles. The zero-order valence-electron chi connectivity index (χ0n) is 16.0. The van der Waals surface area contributed by atoms with Gasteiger partial charge in [0.25, 0.3) is 0 Å². The summed E-state index contributed by atoms with van der Waals surface area (Å²) in [4.78, 5) is 4.24. The Balaban J connectivity index is 1.72. The van der Waals surface area contributed by atoms with Gasteiger partial charge in [0.2, 0.25) is 0 Å². The van der Waals surface area contributed by atoms with E-state index in [1.165, 1.54) is 18.3 Å². The first-order valence-corrected chi connectivity index (χ1v) is 9.14. The lowest BCUT2D eigenvalue weighted by Crippen LogP contribution is -2.05. The maximum atomic E-state index is 12.6. The minimum absolute atomic E-state index is 0.00351. The summed E-state index contributed by atoms with van der Waals surface area (Å²) in [6, 6.07) is 16.3. The Morgan fingerprint density at radius 3 is 2.73 bits per heavy atom. The van der Waals surface area contributed by atoms with E-state index >= 15 is 0 Å². The SMILES string of the molecule is Cn1cc(CNc2c(C#N)cnc3ccc(OC(F)F)cc23)c(-c2ccccc2)n1. The predicted molar refractivity (Wildman–Crippen MR) is 109 cm³/mol. The number of aryl methyl sites for hydroxylation is 1. The molecule has 8 heteroatoms. The molecule has 4 aromatic rings. The molecule has 0 saturated carbocycles. The van der Waals surface area contributed by atoms with E-state index in [0.29, 0.717) is 28.7 Å². The molecule has 2 aromatic carbocycles. The Morgan fingerprint density at radius 1 is 1.20 bits per heavy atom. The molecule has 4 rings (SSSR count). The van der Waals surface area contributed by atoms with E-state index in [-0.39, 0.29) is 5.75 Å². The van der Waals surface area contributed by atoms with Crippen LogP contribution in [0.1, 0.15) is 11.1 Å². The summed E-state index contributed by atoms with van der Waals surface area (Å²) < 4.78 is 31.5. The summed E-state index contributed by atoms with van der Waals surface area (Å²) in [5.41, 5.74) is 4.10. The number of nitriles is 1. The lowest BCUT2D eigenvalue weighted by Gasteiger charge is -2.13. The Kier molecular flexibility index (Phi) is 5.26. The Morgan fingerprint density at radius 2 is 2.00 bits per heavy atom. The van der Waals surface area contributed by atoms with Crippen molar-refractivity contribution >= 4 is 16.6 Å². The lowest BCUT2D eigenvalue weighted by atomic mass is 10.1. The maximum absolute atomic E-state index is 12.6. The number of anilines is 1. The number of halogens is 2. The van der Waals surface area contributed by atoms with Crippen LogP contribution in [0.3, 0.4) is 0 Å². The molecule has 0 aliphatic carbocycles. The topological polar surface area (TPSA) is 75.8 Å². The third-order valence-electron chi connectivity index (χ3n) is 4.59. The number of nitrogens with one attached hydrogen (secondary N) is 1. The molecule has 0 radical (unpaired) electrons. The highest BCUT2D eigenvalue weighted by atomic mass is 19.3. The molecule has 0 bridgehead atoms. The van der Waals surface area contributed by atoms with Crippen molar-refractivity contribution in [2.45, 2.75) is 13.2 Å². The Bertz CT molecular complexity index is 1230. The van der Waals surface area contributed by atoms with Gasteiger partial charge in [-0.05, 0) is 18.2 Å². The summed E-state index contributed by atoms with van der Waals surface area (Å²) in [6.07, 6.45) is 3.36. The lowest BCUT2D eigenvalue weighted by molar-refractivity contribution is -0.0497. The van der Waals surface area contributed by atoms with Gasteiger partial charge in [-0.3, -0.25) is 9.67 Å². The fourth-order valence-electron chi connectivity index (χ4n) is 3.31. The van der Waals surface area contributed by atoms with E-state index in [4.69, 9.17) is 0 Å². The van der Waals surface area contributed by atoms with Crippen LogP contribution >= 0.6 is 0 Å². The summed E-state index contributed by atoms with van der Waals surface area (Å²) in [6.45, 7) is -2.55. The average molecular weight is 405 g/mol. The van der Waals surface area contributed by atoms with Crippen LogP contribution in [0.25, 0.3) is 22.2 Å². The zero-order valence-corrected chi connectivity index (χ0v) is 16.0. The van der Waals surface area contributed by atoms with Crippen molar-refractivity contribution in [1.29, 1.82) is 5.26 Å². The van der Waals surface area contributed by atoms with Crippen LogP contribution in [-0.2, 0) is 13.6 Å². The van der Waals surface area contributed by atoms with Crippen molar-refractivity contribution < 1.29 is 13.5 Å². The molecule has 0 spiro atoms. The first-order valence-electron chi connectivity index (χ1n) is 9.14. The minimum Gasteiger partial charge on any atom is -0.435 e. The van der Waals surface area contributed by atoms with Crippen molar-refractivity contribution in [2.24, 2.45) is 7.05 Å². The first kappa shape index (κ1) is 19.3. The standard InChI is InChI=1S/C22H17F2N5O/c1-29-13-16(20(28-29)14-5-3-2-4-6-14)12-27-21-15(10-25)11-26-19-8-7-17(9-18(19)21)30-22(23)24/h2-9,11,13,22H,12H2,1H3,(H,26,27). The Hall–Kier alpha value is -3.99. The van der Waals surface area contributed by atoms with E-state index in [1.807, 2.05) is 43.6 Å². The summed E-state index contributed by atoms with van der Waals surface area (Å²) in [7, 11) is 1.84. The molecule has 0 fully saturated rings. The number of nitrogens with zero attached hydrogens (tertiary/aromatic N) is 4. The molecular weight excluding hydrogens is 388 g/mol. The van der Waals surface area contributed by atoms with Crippen molar-refractivity contribution in [3.63, 3.8) is 0 Å². The third-order valence-corrected chi connectivity index (χ3v) is 4.59. The molecule has 0 aliphatic rings. The van der Waals surface area contributed by atoms with Crippen molar-refractivity contribution in [2.75, 3.05) is 5.32 Å². The van der Waals surface area contributed by atoms with E-state index in [1.54, 1.807) is 10.7 Å². The highest BCUT2D eigenvalue weighted by molar-refractivity contribution is 5.94. The molecule has 30 heavy (non-hydrogen) atoms. The van der Waals surface area contributed by atoms with Gasteiger partial charge >= 0.3 is 6.61 Å². The van der Waals surface area contributed by atoms with Crippen molar-refractivity contribution in [1.82, 2.24) is 14.8 Å². The molecule has 0 aliphatic heterocycles. The van der Waals surface area contributed by atoms with Gasteiger partial charge in [0.05, 0.1) is 22.5 Å². The fraction of sp³-hybridized carbons (Fsp3) is 0.136. The number of hydrogen-bond donors (Lipinski definition) is 1. The normalized spacial score (nSPS) is 10.9.